The maximum absolute atomic E-state index is 14.5. The van der Waals surface area contributed by atoms with Gasteiger partial charge in [0.05, 0.1) is 44.7 Å². The number of fused-ring (bicyclic) bond motifs is 4. The Bertz CT molecular complexity index is 2390. The normalized spacial score (nSPS) is 53.2. The molecule has 6 saturated heterocycles. The van der Waals surface area contributed by atoms with Gasteiger partial charge in [-0.15, -0.1) is 0 Å². The molecule has 6 aliphatic heterocycles. The maximum Gasteiger partial charge on any atom is 0.316 e. The third-order valence-electron chi connectivity index (χ3n) is 22.5. The maximum atomic E-state index is 14.5. The average molecular weight is 1250 g/mol. The van der Waals surface area contributed by atoms with Crippen molar-refractivity contribution in [1.29, 1.82) is 0 Å². The van der Waals surface area contributed by atoms with Crippen molar-refractivity contribution in [3.05, 3.63) is 11.6 Å². The van der Waals surface area contributed by atoms with Crippen molar-refractivity contribution in [2.45, 2.75) is 278 Å². The van der Waals surface area contributed by atoms with Crippen molar-refractivity contribution in [2.75, 3.05) is 33.5 Å². The minimum atomic E-state index is -2.02. The zero-order valence-corrected chi connectivity index (χ0v) is 51.2. The second-order valence-electron chi connectivity index (χ2n) is 28.2. The number of esters is 1. The SMILES string of the molecule is CO[C@@H]1[C@@H](O)[C@H](O[C@@H]2[C@@H](O)[C@H](O[C@H]3[C@H](O)[C@@H](O)[C@H](O[C@H]4[C@H](O[C@H]5CC[C@]6(C)C7=C[C@H](O)[C@]89C(=O)O[C@@](C)(CCCC(C)C)[C@H]8CC[C@@]9(C)[C@@H]7CC[C@H]6C5(C)C)OC[C@@H](O[C@@H]5O[C@H](CO)[C@@H](O)[C@H](O)[C@H]5O)[C@@H]4O)O[C@@H]3C)O[C@H](CO)[C@H]2O)O[C@H](CO)[C@H]1O. The quantitative estimate of drug-likeness (QED) is 0.0383. The molecule has 27 heteroatoms. The van der Waals surface area contributed by atoms with Crippen LogP contribution in [0.2, 0.25) is 0 Å². The van der Waals surface area contributed by atoms with E-state index in [1.54, 1.807) is 0 Å². The molecule has 6 heterocycles. The highest BCUT2D eigenvalue weighted by Gasteiger charge is 2.79. The Hall–Kier alpha value is -1.79. The monoisotopic (exact) mass is 1250 g/mol. The fourth-order valence-electron chi connectivity index (χ4n) is 17.7. The topological polar surface area (TPSA) is 411 Å². The van der Waals surface area contributed by atoms with Crippen LogP contribution in [-0.2, 0) is 61.6 Å². The molecule has 10 rings (SSSR count). The number of rotatable bonds is 18. The van der Waals surface area contributed by atoms with Crippen LogP contribution in [0.25, 0.3) is 0 Å². The van der Waals surface area contributed by atoms with E-state index in [1.807, 2.05) is 6.08 Å². The summed E-state index contributed by atoms with van der Waals surface area (Å²) in [5, 5.41) is 155. The molecule has 3 saturated carbocycles. The Kier molecular flexibility index (Phi) is 20.2. The van der Waals surface area contributed by atoms with Gasteiger partial charge in [0.25, 0.3) is 0 Å². The summed E-state index contributed by atoms with van der Waals surface area (Å²) in [5.41, 5.74) is -2.27. The second-order valence-corrected chi connectivity index (χ2v) is 28.2. The van der Waals surface area contributed by atoms with Gasteiger partial charge in [0.2, 0.25) is 0 Å². The van der Waals surface area contributed by atoms with Crippen LogP contribution in [0.5, 0.6) is 0 Å². The first-order valence-corrected chi connectivity index (χ1v) is 31.3. The third-order valence-corrected chi connectivity index (χ3v) is 22.5. The molecule has 0 unspecified atom stereocenters. The fourth-order valence-corrected chi connectivity index (χ4v) is 17.7. The van der Waals surface area contributed by atoms with Crippen LogP contribution in [0.4, 0.5) is 0 Å². The predicted molar refractivity (Wildman–Crippen MR) is 294 cm³/mol. The molecule has 14 N–H and O–H groups in total. The summed E-state index contributed by atoms with van der Waals surface area (Å²) >= 11 is 0. The van der Waals surface area contributed by atoms with Gasteiger partial charge in [-0.25, -0.2) is 0 Å². The van der Waals surface area contributed by atoms with E-state index >= 15 is 0 Å². The first-order valence-electron chi connectivity index (χ1n) is 31.3. The first-order chi connectivity index (χ1) is 41.0. The van der Waals surface area contributed by atoms with Crippen LogP contribution < -0.4 is 0 Å². The number of hydrogen-bond donors (Lipinski definition) is 14. The molecule has 0 bridgehead atoms. The van der Waals surface area contributed by atoms with Crippen molar-refractivity contribution in [2.24, 2.45) is 45.3 Å². The van der Waals surface area contributed by atoms with Gasteiger partial charge in [0, 0.05) is 13.0 Å². The van der Waals surface area contributed by atoms with Gasteiger partial charge in [-0.2, -0.15) is 0 Å². The van der Waals surface area contributed by atoms with E-state index in [1.165, 1.54) is 14.0 Å². The lowest BCUT2D eigenvalue weighted by molar-refractivity contribution is -0.394. The molecule has 0 aromatic heterocycles. The number of methoxy groups -OCH3 is 1. The van der Waals surface area contributed by atoms with Crippen LogP contribution in [0.15, 0.2) is 11.6 Å². The number of hydrogen-bond acceptors (Lipinski definition) is 27. The van der Waals surface area contributed by atoms with Crippen LogP contribution >= 0.6 is 0 Å². The van der Waals surface area contributed by atoms with Gasteiger partial charge >= 0.3 is 5.97 Å². The summed E-state index contributed by atoms with van der Waals surface area (Å²) in [4.78, 5) is 14.5. The summed E-state index contributed by atoms with van der Waals surface area (Å²) in [6.45, 7) is 13.7. The predicted octanol–water partition coefficient (Wildman–Crippen LogP) is -2.51. The Labute approximate surface area is 506 Å². The third kappa shape index (κ3) is 11.4. The molecular formula is C60H98O27. The molecule has 33 atom stereocenters. The van der Waals surface area contributed by atoms with E-state index in [2.05, 4.69) is 48.5 Å². The zero-order chi connectivity index (χ0) is 63.4. The van der Waals surface area contributed by atoms with Crippen molar-refractivity contribution in [3.63, 3.8) is 0 Å². The Morgan fingerprint density at radius 3 is 1.76 bits per heavy atom. The molecule has 1 spiro atoms. The fraction of sp³-hybridized carbons (Fsp3) is 0.950. The highest BCUT2D eigenvalue weighted by Crippen LogP contribution is 2.76. The highest BCUT2D eigenvalue weighted by atomic mass is 16.8. The van der Waals surface area contributed by atoms with Crippen molar-refractivity contribution in [1.82, 2.24) is 0 Å². The first kappa shape index (κ1) is 68.1. The lowest BCUT2D eigenvalue weighted by Gasteiger charge is -2.64. The van der Waals surface area contributed by atoms with E-state index in [0.717, 1.165) is 50.5 Å². The van der Waals surface area contributed by atoms with Crippen molar-refractivity contribution >= 4 is 5.97 Å². The van der Waals surface area contributed by atoms with Gasteiger partial charge in [0.15, 0.2) is 31.5 Å². The zero-order valence-electron chi connectivity index (χ0n) is 51.2. The highest BCUT2D eigenvalue weighted by molar-refractivity contribution is 5.84. The number of ether oxygens (including phenoxy) is 12. The second kappa shape index (κ2) is 25.8. The number of carbonyl (C=O) groups is 1. The number of allylic oxidation sites excluding steroid dienone is 1. The summed E-state index contributed by atoms with van der Waals surface area (Å²) in [6, 6.07) is 0. The van der Waals surface area contributed by atoms with Crippen LogP contribution in [-0.4, -0.2) is 276 Å². The van der Waals surface area contributed by atoms with Crippen LogP contribution in [0, 0.1) is 45.3 Å². The van der Waals surface area contributed by atoms with E-state index in [4.69, 9.17) is 56.8 Å². The molecule has 27 nitrogen and oxygen atoms in total. The standard InChI is InChI=1S/C60H98O27/c1-24(2)11-10-16-59(8)33-14-18-58(7)26-12-13-32-56(4,5)35(15-17-57(32,6)27(26)19-34(64)60(33,58)55(75)87-59)83-54-49(39(68)31(23-77-54)82-51-42(71)40(69)36(65)28(20-61)79-51)86-50-43(72)41(70)46(25(3)78-50)84-53-45(74)48(38(67)30(22-63)81-53)85-52-44(73)47(76-9)37(66)29(21-62)80-52/h19,24-26,28-54,61-74H,10-18,20-23H2,1-9H3/t25-,26-,28-,29-,30-,31-,32+,33-,34+,35+,36-,37-,38-,39+,40+,41-,42-,43-,44-,45-,46-,47+,48+,49-,50+,51+,52+,53+,54+,57-,58+,59+,60+/m1/s1. The van der Waals surface area contributed by atoms with Crippen LogP contribution in [0.1, 0.15) is 113 Å². The smallest absolute Gasteiger partial charge is 0.316 e. The Balaban J connectivity index is 0.870. The molecule has 500 valence electrons. The molecule has 0 aromatic carbocycles. The van der Waals surface area contributed by atoms with E-state index in [9.17, 15) is 76.3 Å². The van der Waals surface area contributed by atoms with Gasteiger partial charge in [-0.3, -0.25) is 4.79 Å². The molecular weight excluding hydrogens is 1150 g/mol. The molecule has 4 aliphatic carbocycles. The number of aliphatic hydroxyl groups is 14. The van der Waals surface area contributed by atoms with Gasteiger partial charge < -0.3 is 128 Å². The Morgan fingerprint density at radius 1 is 0.575 bits per heavy atom. The minimum Gasteiger partial charge on any atom is -0.459 e. The average Bonchev–Trinajstić information content (AvgIpc) is 1.55. The van der Waals surface area contributed by atoms with E-state index in [0.29, 0.717) is 18.8 Å². The van der Waals surface area contributed by atoms with Gasteiger partial charge in [-0.05, 0) is 99.2 Å². The van der Waals surface area contributed by atoms with Crippen molar-refractivity contribution < 1.29 is 133 Å². The summed E-state index contributed by atoms with van der Waals surface area (Å²) < 4.78 is 72.4. The van der Waals surface area contributed by atoms with Gasteiger partial charge in [0.1, 0.15) is 121 Å². The minimum absolute atomic E-state index is 0.00123. The number of carbonyl (C=O) groups excluding carboxylic acids is 1. The number of cyclic esters (lactones) is 1. The summed E-state index contributed by atoms with van der Waals surface area (Å²) in [5.74, 6) is 0.0322. The lowest BCUT2D eigenvalue weighted by Crippen LogP contribution is -2.67. The van der Waals surface area contributed by atoms with Crippen molar-refractivity contribution in [3.8, 4) is 0 Å². The summed E-state index contributed by atoms with van der Waals surface area (Å²) in [7, 11) is 1.19. The van der Waals surface area contributed by atoms with E-state index in [-0.39, 0.29) is 23.7 Å². The number of aliphatic hydroxyl groups excluding tert-OH is 14. The molecule has 0 radical (unpaired) electrons. The molecule has 0 amide bonds. The molecule has 87 heavy (non-hydrogen) atoms. The van der Waals surface area contributed by atoms with E-state index < -0.39 is 213 Å². The Morgan fingerprint density at radius 2 is 1.14 bits per heavy atom. The molecule has 9 fully saturated rings. The van der Waals surface area contributed by atoms with Crippen LogP contribution in [0.3, 0.4) is 0 Å². The lowest BCUT2D eigenvalue weighted by atomic mass is 9.40. The largest absolute Gasteiger partial charge is 0.459 e. The summed E-state index contributed by atoms with van der Waals surface area (Å²) in [6.07, 6.45) is -32.7. The molecule has 10 aliphatic rings. The molecule has 0 aromatic rings. The van der Waals surface area contributed by atoms with Gasteiger partial charge in [-0.1, -0.05) is 59.6 Å².